The number of nitrogens with zero attached hydrogens (tertiary/aromatic N) is 4. The maximum Gasteiger partial charge on any atom is 0.0725 e. The predicted molar refractivity (Wildman–Crippen MR) is 231 cm³/mol. The Labute approximate surface area is 325 Å². The first-order chi connectivity index (χ1) is 27.7. The van der Waals surface area contributed by atoms with Crippen LogP contribution in [0.5, 0.6) is 0 Å². The molecule has 0 unspecified atom stereocenters. The summed E-state index contributed by atoms with van der Waals surface area (Å²) in [6, 6.07) is 64.5. The topological polar surface area (TPSA) is 51.6 Å². The van der Waals surface area contributed by atoms with Crippen LogP contribution in [0.3, 0.4) is 0 Å². The summed E-state index contributed by atoms with van der Waals surface area (Å²) in [6.07, 6.45) is 7.28. The molecule has 0 aliphatic rings. The van der Waals surface area contributed by atoms with E-state index in [4.69, 9.17) is 9.97 Å². The molecular formula is C52H34N4. The number of hydrogen-bond donors (Lipinski definition) is 0. The monoisotopic (exact) mass is 714 g/mol. The fourth-order valence-electron chi connectivity index (χ4n) is 7.67. The molecular weight excluding hydrogens is 681 g/mol. The van der Waals surface area contributed by atoms with Crippen LogP contribution in [0.2, 0.25) is 0 Å². The van der Waals surface area contributed by atoms with Gasteiger partial charge in [0.1, 0.15) is 0 Å². The molecule has 262 valence electrons. The predicted octanol–water partition coefficient (Wildman–Crippen LogP) is 13.2. The Morgan fingerprint density at radius 1 is 0.268 bits per heavy atom. The molecule has 0 aliphatic carbocycles. The van der Waals surface area contributed by atoms with Gasteiger partial charge in [-0.2, -0.15) is 0 Å². The molecule has 0 saturated carbocycles. The van der Waals surface area contributed by atoms with E-state index >= 15 is 0 Å². The van der Waals surface area contributed by atoms with Crippen molar-refractivity contribution < 1.29 is 0 Å². The zero-order valence-corrected chi connectivity index (χ0v) is 30.4. The molecule has 0 fully saturated rings. The largest absolute Gasteiger partial charge is 0.264 e. The van der Waals surface area contributed by atoms with Crippen molar-refractivity contribution in [3.63, 3.8) is 0 Å². The zero-order chi connectivity index (χ0) is 37.3. The average molecular weight is 715 g/mol. The molecule has 56 heavy (non-hydrogen) atoms. The Bertz CT molecular complexity index is 2880. The van der Waals surface area contributed by atoms with Gasteiger partial charge in [0.2, 0.25) is 0 Å². The van der Waals surface area contributed by atoms with E-state index in [0.29, 0.717) is 0 Å². The number of rotatable bonds is 7. The van der Waals surface area contributed by atoms with Crippen LogP contribution in [0.4, 0.5) is 0 Å². The Balaban J connectivity index is 1.13. The first kappa shape index (κ1) is 33.0. The maximum absolute atomic E-state index is 5.06. The molecule has 4 aromatic heterocycles. The molecule has 0 radical (unpaired) electrons. The summed E-state index contributed by atoms with van der Waals surface area (Å²) in [6.45, 7) is 0. The Morgan fingerprint density at radius 2 is 0.696 bits per heavy atom. The van der Waals surface area contributed by atoms with Crippen molar-refractivity contribution >= 4 is 21.5 Å². The lowest BCUT2D eigenvalue weighted by molar-refractivity contribution is 1.28. The van der Waals surface area contributed by atoms with Crippen LogP contribution in [0.25, 0.3) is 100.0 Å². The first-order valence-electron chi connectivity index (χ1n) is 18.8. The molecule has 4 nitrogen and oxygen atoms in total. The first-order valence-corrected chi connectivity index (χ1v) is 18.8. The van der Waals surface area contributed by atoms with Crippen LogP contribution in [0.1, 0.15) is 0 Å². The van der Waals surface area contributed by atoms with E-state index in [1.165, 1.54) is 27.1 Å². The molecule has 0 atom stereocenters. The molecule has 0 amide bonds. The van der Waals surface area contributed by atoms with Gasteiger partial charge in [0.15, 0.2) is 0 Å². The third-order valence-electron chi connectivity index (χ3n) is 10.4. The number of benzene rings is 6. The number of pyridine rings is 4. The highest BCUT2D eigenvalue weighted by Gasteiger charge is 2.14. The van der Waals surface area contributed by atoms with Gasteiger partial charge < -0.3 is 0 Å². The highest BCUT2D eigenvalue weighted by molar-refractivity contribution is 6.14. The van der Waals surface area contributed by atoms with E-state index in [1.807, 2.05) is 48.8 Å². The third-order valence-corrected chi connectivity index (χ3v) is 10.4. The van der Waals surface area contributed by atoms with E-state index in [2.05, 4.69) is 156 Å². The van der Waals surface area contributed by atoms with Gasteiger partial charge in [-0.3, -0.25) is 9.97 Å². The van der Waals surface area contributed by atoms with Gasteiger partial charge in [-0.15, -0.1) is 0 Å². The maximum atomic E-state index is 5.06. The van der Waals surface area contributed by atoms with E-state index < -0.39 is 0 Å². The van der Waals surface area contributed by atoms with Crippen molar-refractivity contribution in [3.8, 4) is 78.4 Å². The summed E-state index contributed by atoms with van der Waals surface area (Å²) >= 11 is 0. The number of fused-ring (bicyclic) bond motifs is 3. The summed E-state index contributed by atoms with van der Waals surface area (Å²) in [7, 11) is 0. The van der Waals surface area contributed by atoms with Gasteiger partial charge >= 0.3 is 0 Å². The van der Waals surface area contributed by atoms with E-state index in [9.17, 15) is 0 Å². The summed E-state index contributed by atoms with van der Waals surface area (Å²) in [5.41, 5.74) is 14.6. The van der Waals surface area contributed by atoms with Crippen molar-refractivity contribution in [2.24, 2.45) is 0 Å². The van der Waals surface area contributed by atoms with Crippen molar-refractivity contribution in [1.29, 1.82) is 0 Å². The molecule has 4 heteroatoms. The number of hydrogen-bond acceptors (Lipinski definition) is 4. The standard InChI is InChI=1S/C52H34N4/c1-2-18-45-37(11-1)32-48(47-20-4-3-19-46(45)47)44-30-42(35-12-5-14-38(27-35)49-21-7-23-51(55-49)40-16-9-25-53-33-40)29-43(31-44)36-13-6-15-39(28-36)50-22-8-24-52(56-50)41-17-10-26-54-34-41/h1-34H. The highest BCUT2D eigenvalue weighted by atomic mass is 14.7. The molecule has 6 aromatic carbocycles. The van der Waals surface area contributed by atoms with Crippen molar-refractivity contribution in [1.82, 2.24) is 19.9 Å². The number of aromatic nitrogens is 4. The summed E-state index contributed by atoms with van der Waals surface area (Å²) in [4.78, 5) is 18.7. The van der Waals surface area contributed by atoms with Gasteiger partial charge in [0.05, 0.1) is 22.8 Å². The minimum absolute atomic E-state index is 0.897. The molecule has 0 bridgehead atoms. The summed E-state index contributed by atoms with van der Waals surface area (Å²) < 4.78 is 0. The van der Waals surface area contributed by atoms with Crippen LogP contribution in [0.15, 0.2) is 207 Å². The van der Waals surface area contributed by atoms with Crippen LogP contribution in [0, 0.1) is 0 Å². The fraction of sp³-hybridized carbons (Fsp3) is 0. The highest BCUT2D eigenvalue weighted by Crippen LogP contribution is 2.40. The van der Waals surface area contributed by atoms with Crippen LogP contribution in [-0.4, -0.2) is 19.9 Å². The minimum atomic E-state index is 0.897. The van der Waals surface area contributed by atoms with E-state index in [0.717, 1.165) is 72.8 Å². The van der Waals surface area contributed by atoms with Gasteiger partial charge in [0, 0.05) is 47.0 Å². The lowest BCUT2D eigenvalue weighted by Crippen LogP contribution is -1.91. The van der Waals surface area contributed by atoms with Gasteiger partial charge in [0.25, 0.3) is 0 Å². The molecule has 4 heterocycles. The van der Waals surface area contributed by atoms with Gasteiger partial charge in [-0.1, -0.05) is 97.1 Å². The van der Waals surface area contributed by atoms with Gasteiger partial charge in [-0.05, 0) is 140 Å². The molecule has 10 aromatic rings. The summed E-state index contributed by atoms with van der Waals surface area (Å²) in [5, 5.41) is 4.95. The van der Waals surface area contributed by atoms with E-state index in [1.54, 1.807) is 12.4 Å². The molecule has 10 rings (SSSR count). The zero-order valence-electron chi connectivity index (χ0n) is 30.4. The third kappa shape index (κ3) is 6.40. The van der Waals surface area contributed by atoms with Crippen LogP contribution in [-0.2, 0) is 0 Å². The molecule has 0 spiro atoms. The molecule has 0 N–H and O–H groups in total. The van der Waals surface area contributed by atoms with Crippen molar-refractivity contribution in [2.75, 3.05) is 0 Å². The summed E-state index contributed by atoms with van der Waals surface area (Å²) in [5.74, 6) is 0. The van der Waals surface area contributed by atoms with E-state index in [-0.39, 0.29) is 0 Å². The minimum Gasteiger partial charge on any atom is -0.264 e. The van der Waals surface area contributed by atoms with Crippen molar-refractivity contribution in [3.05, 3.63) is 207 Å². The van der Waals surface area contributed by atoms with Crippen LogP contribution >= 0.6 is 0 Å². The average Bonchev–Trinajstić information content (AvgIpc) is 3.29. The molecule has 0 saturated heterocycles. The smallest absolute Gasteiger partial charge is 0.0725 e. The van der Waals surface area contributed by atoms with Gasteiger partial charge in [-0.25, -0.2) is 9.97 Å². The Kier molecular flexibility index (Phi) is 8.47. The van der Waals surface area contributed by atoms with Crippen molar-refractivity contribution in [2.45, 2.75) is 0 Å². The quantitative estimate of drug-likeness (QED) is 0.154. The molecule has 0 aliphatic heterocycles. The normalized spacial score (nSPS) is 11.2. The second-order valence-corrected chi connectivity index (χ2v) is 14.0. The lowest BCUT2D eigenvalue weighted by atomic mass is 9.88. The second-order valence-electron chi connectivity index (χ2n) is 14.0. The van der Waals surface area contributed by atoms with Crippen LogP contribution < -0.4 is 0 Å². The Morgan fingerprint density at radius 3 is 1.25 bits per heavy atom. The fourth-order valence-corrected chi connectivity index (χ4v) is 7.67. The second kappa shape index (κ2) is 14.3. The SMILES string of the molecule is c1cncc(-c2cccc(-c3cccc(-c4cc(-c5cccc(-c6cccc(-c7cccnc7)n6)c5)cc(-c5cc6ccccc6c6ccccc56)c4)c3)n2)c1. The Hall–Kier alpha value is -7.56. The lowest BCUT2D eigenvalue weighted by Gasteiger charge is -2.16.